The van der Waals surface area contributed by atoms with Gasteiger partial charge in [-0.05, 0) is 39.7 Å². The van der Waals surface area contributed by atoms with Gasteiger partial charge in [-0.2, -0.15) is 5.26 Å². The number of hydrogen-bond acceptors (Lipinski definition) is 6. The van der Waals surface area contributed by atoms with Crippen molar-refractivity contribution in [2.24, 2.45) is 5.92 Å². The quantitative estimate of drug-likeness (QED) is 0.755. The summed E-state index contributed by atoms with van der Waals surface area (Å²) < 4.78 is 11.1. The summed E-state index contributed by atoms with van der Waals surface area (Å²) in [5.74, 6) is -0.251. The molecule has 138 valence electrons. The fourth-order valence-electron chi connectivity index (χ4n) is 3.61. The van der Waals surface area contributed by atoms with Gasteiger partial charge in [0.25, 0.3) is 0 Å². The molecule has 1 amide bonds. The molecular weight excluding hydrogens is 334 g/mol. The molecule has 2 bridgehead atoms. The molecular formula is C19H23N3O4. The number of carbonyl (C=O) groups is 2. The number of piperidine rings is 1. The molecule has 2 aliphatic heterocycles. The number of fused-ring (bicyclic) bond motifs is 2. The molecule has 26 heavy (non-hydrogen) atoms. The number of hydrogen-bond donors (Lipinski definition) is 0. The predicted molar refractivity (Wildman–Crippen MR) is 92.5 cm³/mol. The van der Waals surface area contributed by atoms with Crippen LogP contribution >= 0.6 is 0 Å². The van der Waals surface area contributed by atoms with Crippen molar-refractivity contribution in [1.29, 1.82) is 5.26 Å². The fraction of sp³-hybridized carbons (Fsp3) is 0.579. The van der Waals surface area contributed by atoms with Crippen molar-refractivity contribution in [3.8, 4) is 6.07 Å². The maximum absolute atomic E-state index is 12.9. The van der Waals surface area contributed by atoms with Gasteiger partial charge in [0.1, 0.15) is 11.7 Å². The van der Waals surface area contributed by atoms with E-state index in [-0.39, 0.29) is 29.9 Å². The Morgan fingerprint density at radius 2 is 1.92 bits per heavy atom. The molecule has 2 aliphatic rings. The van der Waals surface area contributed by atoms with Crippen LogP contribution in [0.1, 0.15) is 49.5 Å². The molecule has 0 saturated carbocycles. The smallest absolute Gasteiger partial charge is 0.410 e. The van der Waals surface area contributed by atoms with Gasteiger partial charge < -0.3 is 9.47 Å². The van der Waals surface area contributed by atoms with Crippen LogP contribution in [0.5, 0.6) is 0 Å². The fourth-order valence-corrected chi connectivity index (χ4v) is 3.61. The van der Waals surface area contributed by atoms with Crippen LogP contribution < -0.4 is 0 Å². The average molecular weight is 357 g/mol. The molecule has 3 heterocycles. The number of ether oxygens (including phenoxy) is 2. The van der Waals surface area contributed by atoms with E-state index < -0.39 is 5.60 Å². The Morgan fingerprint density at radius 3 is 2.50 bits per heavy atom. The number of nitrogens with zero attached hydrogens (tertiary/aromatic N) is 3. The third-order valence-electron chi connectivity index (χ3n) is 4.65. The maximum atomic E-state index is 12.9. The van der Waals surface area contributed by atoms with E-state index in [1.54, 1.807) is 11.0 Å². The van der Waals surface area contributed by atoms with Crippen molar-refractivity contribution >= 4 is 11.9 Å². The topological polar surface area (TPSA) is 92.5 Å². The van der Waals surface area contributed by atoms with Crippen LogP contribution in [0, 0.1) is 17.2 Å². The Labute approximate surface area is 152 Å². The first kappa shape index (κ1) is 18.3. The van der Waals surface area contributed by atoms with Gasteiger partial charge in [-0.15, -0.1) is 0 Å². The van der Waals surface area contributed by atoms with Crippen molar-refractivity contribution < 1.29 is 19.1 Å². The van der Waals surface area contributed by atoms with E-state index in [9.17, 15) is 9.59 Å². The van der Waals surface area contributed by atoms with E-state index >= 15 is 0 Å². The van der Waals surface area contributed by atoms with Crippen LogP contribution in [0.4, 0.5) is 4.79 Å². The highest BCUT2D eigenvalue weighted by molar-refractivity contribution is 5.98. The van der Waals surface area contributed by atoms with Crippen LogP contribution in [0.25, 0.3) is 0 Å². The largest absolute Gasteiger partial charge is 0.444 e. The van der Waals surface area contributed by atoms with Crippen molar-refractivity contribution in [2.75, 3.05) is 13.2 Å². The molecule has 3 rings (SSSR count). The van der Waals surface area contributed by atoms with Gasteiger partial charge in [-0.3, -0.25) is 14.7 Å². The number of nitriles is 1. The van der Waals surface area contributed by atoms with Gasteiger partial charge in [0, 0.05) is 23.9 Å². The van der Waals surface area contributed by atoms with Gasteiger partial charge in [0.15, 0.2) is 5.78 Å². The van der Waals surface area contributed by atoms with E-state index in [2.05, 4.69) is 4.98 Å². The van der Waals surface area contributed by atoms with Gasteiger partial charge >= 0.3 is 6.09 Å². The molecule has 0 N–H and O–H groups in total. The van der Waals surface area contributed by atoms with Gasteiger partial charge in [-0.25, -0.2) is 4.79 Å². The monoisotopic (exact) mass is 357 g/mol. The summed E-state index contributed by atoms with van der Waals surface area (Å²) in [5, 5.41) is 9.00. The van der Waals surface area contributed by atoms with E-state index in [1.165, 1.54) is 12.4 Å². The van der Waals surface area contributed by atoms with E-state index in [4.69, 9.17) is 14.7 Å². The number of morpholine rings is 1. The lowest BCUT2D eigenvalue weighted by Crippen LogP contribution is -2.60. The van der Waals surface area contributed by atoms with Crippen molar-refractivity contribution in [3.63, 3.8) is 0 Å². The Morgan fingerprint density at radius 1 is 1.27 bits per heavy atom. The molecule has 2 saturated heterocycles. The molecule has 0 aromatic carbocycles. The third kappa shape index (κ3) is 3.86. The van der Waals surface area contributed by atoms with Crippen molar-refractivity contribution in [1.82, 2.24) is 9.88 Å². The Hall–Kier alpha value is -2.46. The lowest BCUT2D eigenvalue weighted by atomic mass is 9.81. The standard InChI is InChI=1S/C19H23N3O4/c1-19(2,3)26-18(24)22-15-5-13(6-16(22)11-25-10-15)17(23)14-4-12(7-20)8-21-9-14/h4,8-9,13,15-16H,5-6,10-11H2,1-3H3. The SMILES string of the molecule is CC(C)(C)OC(=O)N1C2COCC1CC(C(=O)c1cncc(C#N)c1)C2. The van der Waals surface area contributed by atoms with Gasteiger partial charge in [0.05, 0.1) is 30.9 Å². The second-order valence-electron chi connectivity index (χ2n) is 7.84. The van der Waals surface area contributed by atoms with E-state index in [0.29, 0.717) is 37.2 Å². The molecule has 1 aromatic heterocycles. The van der Waals surface area contributed by atoms with Crippen LogP contribution in [0.15, 0.2) is 18.5 Å². The third-order valence-corrected chi connectivity index (χ3v) is 4.65. The predicted octanol–water partition coefficient (Wildman–Crippen LogP) is 2.55. The molecule has 2 atom stereocenters. The first-order chi connectivity index (χ1) is 12.3. The number of Topliss-reactive ketones (excluding diaryl/α,β-unsaturated/α-hetero) is 1. The highest BCUT2D eigenvalue weighted by Crippen LogP contribution is 2.34. The van der Waals surface area contributed by atoms with Gasteiger partial charge in [-0.1, -0.05) is 0 Å². The molecule has 0 aliphatic carbocycles. The van der Waals surface area contributed by atoms with Crippen molar-refractivity contribution in [2.45, 2.75) is 51.3 Å². The summed E-state index contributed by atoms with van der Waals surface area (Å²) in [6.45, 7) is 6.31. The number of rotatable bonds is 2. The Bertz CT molecular complexity index is 736. The number of aromatic nitrogens is 1. The van der Waals surface area contributed by atoms with Crippen LogP contribution in [-0.4, -0.2) is 52.7 Å². The van der Waals surface area contributed by atoms with Crippen LogP contribution in [0.2, 0.25) is 0 Å². The zero-order chi connectivity index (χ0) is 18.9. The molecule has 7 nitrogen and oxygen atoms in total. The van der Waals surface area contributed by atoms with E-state index in [0.717, 1.165) is 0 Å². The first-order valence-electron chi connectivity index (χ1n) is 8.77. The minimum absolute atomic E-state index is 0.0321. The zero-order valence-electron chi connectivity index (χ0n) is 15.3. The average Bonchev–Trinajstić information content (AvgIpc) is 2.58. The number of pyridine rings is 1. The summed E-state index contributed by atoms with van der Waals surface area (Å²) in [6, 6.07) is 3.21. The molecule has 1 aromatic rings. The second kappa shape index (κ2) is 7.04. The first-order valence-corrected chi connectivity index (χ1v) is 8.77. The summed E-state index contributed by atoms with van der Waals surface area (Å²) in [6.07, 6.45) is 3.62. The minimum Gasteiger partial charge on any atom is -0.444 e. The Balaban J connectivity index is 1.76. The zero-order valence-corrected chi connectivity index (χ0v) is 15.3. The van der Waals surface area contributed by atoms with Crippen LogP contribution in [0.3, 0.4) is 0 Å². The van der Waals surface area contributed by atoms with Gasteiger partial charge in [0.2, 0.25) is 0 Å². The summed E-state index contributed by atoms with van der Waals surface area (Å²) in [7, 11) is 0. The molecule has 0 spiro atoms. The second-order valence-corrected chi connectivity index (χ2v) is 7.84. The highest BCUT2D eigenvalue weighted by atomic mass is 16.6. The molecule has 2 unspecified atom stereocenters. The lowest BCUT2D eigenvalue weighted by molar-refractivity contribution is -0.0861. The summed E-state index contributed by atoms with van der Waals surface area (Å²) in [4.78, 5) is 31.2. The number of amides is 1. The normalized spacial score (nSPS) is 25.3. The van der Waals surface area contributed by atoms with Crippen LogP contribution in [-0.2, 0) is 9.47 Å². The highest BCUT2D eigenvalue weighted by Gasteiger charge is 2.45. The van der Waals surface area contributed by atoms with Crippen molar-refractivity contribution in [3.05, 3.63) is 29.6 Å². The lowest BCUT2D eigenvalue weighted by Gasteiger charge is -2.47. The summed E-state index contributed by atoms with van der Waals surface area (Å²) >= 11 is 0. The maximum Gasteiger partial charge on any atom is 0.410 e. The van der Waals surface area contributed by atoms with E-state index in [1.807, 2.05) is 26.8 Å². The molecule has 7 heteroatoms. The minimum atomic E-state index is -0.567. The molecule has 2 fully saturated rings. The molecule has 0 radical (unpaired) electrons. The summed E-state index contributed by atoms with van der Waals surface area (Å²) in [5.41, 5.74) is 0.242. The Kier molecular flexibility index (Phi) is 4.97. The number of carbonyl (C=O) groups excluding carboxylic acids is 2. The number of ketones is 1.